The summed E-state index contributed by atoms with van der Waals surface area (Å²) in [6, 6.07) is 12.5. The molecule has 1 unspecified atom stereocenters. The van der Waals surface area contributed by atoms with Crippen molar-refractivity contribution < 1.29 is 14.0 Å². The number of amides is 2. The van der Waals surface area contributed by atoms with Gasteiger partial charge in [-0.15, -0.1) is 0 Å². The van der Waals surface area contributed by atoms with Gasteiger partial charge in [-0.3, -0.25) is 14.5 Å². The second-order valence-corrected chi connectivity index (χ2v) is 9.17. The fraction of sp³-hybridized carbons (Fsp3) is 0.385. The van der Waals surface area contributed by atoms with Gasteiger partial charge in [-0.1, -0.05) is 30.8 Å². The summed E-state index contributed by atoms with van der Waals surface area (Å²) in [5, 5.41) is 2.79. The van der Waals surface area contributed by atoms with Gasteiger partial charge < -0.3 is 10.2 Å². The Morgan fingerprint density at radius 2 is 1.78 bits per heavy atom. The van der Waals surface area contributed by atoms with Gasteiger partial charge in [0.05, 0.1) is 0 Å². The topological polar surface area (TPSA) is 52.7 Å². The van der Waals surface area contributed by atoms with Crippen LogP contribution in [0.5, 0.6) is 0 Å². The largest absolute Gasteiger partial charge is 0.329 e. The van der Waals surface area contributed by atoms with Gasteiger partial charge in [0.1, 0.15) is 11.9 Å². The molecule has 6 heteroatoms. The van der Waals surface area contributed by atoms with Gasteiger partial charge in [0.15, 0.2) is 0 Å². The lowest BCUT2D eigenvalue weighted by Gasteiger charge is -2.32. The van der Waals surface area contributed by atoms with Crippen molar-refractivity contribution in [3.8, 4) is 0 Å². The maximum Gasteiger partial charge on any atom is 0.255 e. The predicted octanol–water partition coefficient (Wildman–Crippen LogP) is 3.95. The van der Waals surface area contributed by atoms with E-state index in [4.69, 9.17) is 0 Å². The number of nitrogens with zero attached hydrogens (tertiary/aromatic N) is 2. The molecule has 1 atom stereocenters. The van der Waals surface area contributed by atoms with Gasteiger partial charge in [-0.05, 0) is 79.6 Å². The van der Waals surface area contributed by atoms with E-state index >= 15 is 0 Å². The Morgan fingerprint density at radius 1 is 1.03 bits per heavy atom. The van der Waals surface area contributed by atoms with Crippen molar-refractivity contribution in [3.05, 3.63) is 82.8 Å². The van der Waals surface area contributed by atoms with Crippen LogP contribution in [-0.4, -0.2) is 40.7 Å². The molecule has 3 heterocycles. The highest BCUT2D eigenvalue weighted by Gasteiger charge is 2.38. The average Bonchev–Trinajstić information content (AvgIpc) is 3.11. The molecule has 2 aromatic rings. The van der Waals surface area contributed by atoms with Crippen LogP contribution < -0.4 is 5.32 Å². The zero-order chi connectivity index (χ0) is 22.2. The smallest absolute Gasteiger partial charge is 0.255 e. The molecular weight excluding hydrogens is 405 g/mol. The summed E-state index contributed by atoms with van der Waals surface area (Å²) in [7, 11) is 0. The molecule has 166 valence electrons. The molecule has 32 heavy (non-hydrogen) atoms. The van der Waals surface area contributed by atoms with Crippen LogP contribution in [0.3, 0.4) is 0 Å². The molecule has 0 aliphatic carbocycles. The van der Waals surface area contributed by atoms with Crippen LogP contribution in [0.25, 0.3) is 0 Å². The first-order valence-electron chi connectivity index (χ1n) is 11.4. The number of carbonyl (C=O) groups excluding carboxylic acids is 2. The molecule has 3 aliphatic heterocycles. The van der Waals surface area contributed by atoms with Crippen LogP contribution in [0.2, 0.25) is 0 Å². The number of nitrogens with one attached hydrogen (secondary N) is 1. The molecule has 0 radical (unpaired) electrons. The van der Waals surface area contributed by atoms with Crippen LogP contribution in [0, 0.1) is 5.82 Å². The minimum absolute atomic E-state index is 0.0478. The van der Waals surface area contributed by atoms with Crippen molar-refractivity contribution in [2.24, 2.45) is 0 Å². The fourth-order valence-electron chi connectivity index (χ4n) is 5.20. The Morgan fingerprint density at radius 3 is 2.50 bits per heavy atom. The first-order chi connectivity index (χ1) is 15.5. The fourth-order valence-corrected chi connectivity index (χ4v) is 5.20. The molecule has 5 nitrogen and oxygen atoms in total. The lowest BCUT2D eigenvalue weighted by molar-refractivity contribution is -0.126. The van der Waals surface area contributed by atoms with E-state index in [0.29, 0.717) is 25.3 Å². The molecule has 0 bridgehead atoms. The number of halogens is 1. The minimum atomic E-state index is -0.418. The van der Waals surface area contributed by atoms with E-state index < -0.39 is 6.04 Å². The first-order valence-corrected chi connectivity index (χ1v) is 11.4. The number of hydrogen-bond donors (Lipinski definition) is 1. The summed E-state index contributed by atoms with van der Waals surface area (Å²) in [5.41, 5.74) is 4.89. The number of carbonyl (C=O) groups is 2. The lowest BCUT2D eigenvalue weighted by atomic mass is 9.87. The summed E-state index contributed by atoms with van der Waals surface area (Å²) in [5.74, 6) is 0.0930. The maximum absolute atomic E-state index is 13.1. The molecule has 2 saturated heterocycles. The molecule has 0 aromatic heterocycles. The Kier molecular flexibility index (Phi) is 5.55. The first kappa shape index (κ1) is 20.9. The maximum atomic E-state index is 13.1. The molecule has 0 saturated carbocycles. The number of piperidine rings is 2. The van der Waals surface area contributed by atoms with E-state index in [-0.39, 0.29) is 17.6 Å². The third-order valence-electron chi connectivity index (χ3n) is 7.04. The van der Waals surface area contributed by atoms with Crippen molar-refractivity contribution in [1.29, 1.82) is 0 Å². The predicted molar refractivity (Wildman–Crippen MR) is 120 cm³/mol. The highest BCUT2D eigenvalue weighted by molar-refractivity contribution is 6.01. The normalized spacial score (nSPS) is 22.2. The van der Waals surface area contributed by atoms with E-state index in [0.717, 1.165) is 54.9 Å². The standard InChI is InChI=1S/C26H28FN3O2/c1-17-2-9-24(25(31)28-17)30-16-21-14-20(5-8-23(21)26(30)32)19-10-12-29(13-11-19)15-18-3-6-22(27)7-4-18/h3-8,14,19,24H,1-2,9-13,15-16H2,(H,28,31). The Bertz CT molecular complexity index is 1060. The van der Waals surface area contributed by atoms with Gasteiger partial charge in [-0.25, -0.2) is 4.39 Å². The Balaban J connectivity index is 1.22. The zero-order valence-corrected chi connectivity index (χ0v) is 18.1. The van der Waals surface area contributed by atoms with Gasteiger partial charge in [0.2, 0.25) is 5.91 Å². The van der Waals surface area contributed by atoms with Gasteiger partial charge >= 0.3 is 0 Å². The molecular formula is C26H28FN3O2. The van der Waals surface area contributed by atoms with Crippen LogP contribution >= 0.6 is 0 Å². The number of benzene rings is 2. The third kappa shape index (κ3) is 4.07. The summed E-state index contributed by atoms with van der Waals surface area (Å²) >= 11 is 0. The quantitative estimate of drug-likeness (QED) is 0.794. The second kappa shape index (κ2) is 8.51. The third-order valence-corrected chi connectivity index (χ3v) is 7.04. The van der Waals surface area contributed by atoms with Crippen molar-refractivity contribution in [2.75, 3.05) is 13.1 Å². The highest BCUT2D eigenvalue weighted by atomic mass is 19.1. The van der Waals surface area contributed by atoms with Crippen LogP contribution in [0.15, 0.2) is 54.7 Å². The van der Waals surface area contributed by atoms with Gasteiger partial charge in [0.25, 0.3) is 5.91 Å². The van der Waals surface area contributed by atoms with E-state index in [1.165, 1.54) is 17.7 Å². The molecule has 2 fully saturated rings. The summed E-state index contributed by atoms with van der Waals surface area (Å²) in [6.07, 6.45) is 3.46. The molecule has 2 aromatic carbocycles. The van der Waals surface area contributed by atoms with E-state index in [1.807, 2.05) is 18.2 Å². The highest BCUT2D eigenvalue weighted by Crippen LogP contribution is 2.34. The molecule has 2 amide bonds. The summed E-state index contributed by atoms with van der Waals surface area (Å²) in [4.78, 5) is 29.5. The molecule has 3 aliphatic rings. The van der Waals surface area contributed by atoms with Gasteiger partial charge in [-0.2, -0.15) is 0 Å². The molecule has 5 rings (SSSR count). The Labute approximate surface area is 187 Å². The Hall–Kier alpha value is -2.99. The number of hydrogen-bond acceptors (Lipinski definition) is 3. The monoisotopic (exact) mass is 433 g/mol. The lowest BCUT2D eigenvalue weighted by Crippen LogP contribution is -2.49. The van der Waals surface area contributed by atoms with Crippen molar-refractivity contribution >= 4 is 11.8 Å². The number of fused-ring (bicyclic) bond motifs is 1. The number of likely N-dealkylation sites (tertiary alicyclic amines) is 1. The molecule has 1 N–H and O–H groups in total. The second-order valence-electron chi connectivity index (χ2n) is 9.17. The summed E-state index contributed by atoms with van der Waals surface area (Å²) in [6.45, 7) is 7.16. The SMILES string of the molecule is C=C1CCC(N2Cc3cc(C4CCN(Cc5ccc(F)cc5)CC4)ccc3C2=O)C(=O)N1. The van der Waals surface area contributed by atoms with E-state index in [1.54, 1.807) is 4.90 Å². The summed E-state index contributed by atoms with van der Waals surface area (Å²) < 4.78 is 13.1. The average molecular weight is 434 g/mol. The van der Waals surface area contributed by atoms with Crippen LogP contribution in [0.4, 0.5) is 4.39 Å². The molecule has 0 spiro atoms. The van der Waals surface area contributed by atoms with Crippen LogP contribution in [0.1, 0.15) is 58.6 Å². The van der Waals surface area contributed by atoms with Crippen molar-refractivity contribution in [2.45, 2.75) is 50.7 Å². The van der Waals surface area contributed by atoms with Crippen molar-refractivity contribution in [1.82, 2.24) is 15.1 Å². The van der Waals surface area contributed by atoms with E-state index in [9.17, 15) is 14.0 Å². The number of rotatable bonds is 4. The van der Waals surface area contributed by atoms with E-state index in [2.05, 4.69) is 28.9 Å². The van der Waals surface area contributed by atoms with Gasteiger partial charge in [0, 0.05) is 24.4 Å². The number of allylic oxidation sites excluding steroid dienone is 1. The van der Waals surface area contributed by atoms with Crippen molar-refractivity contribution in [3.63, 3.8) is 0 Å². The minimum Gasteiger partial charge on any atom is -0.329 e. The zero-order valence-electron chi connectivity index (χ0n) is 18.1. The van der Waals surface area contributed by atoms with Crippen LogP contribution in [-0.2, 0) is 17.9 Å².